The second-order valence-electron chi connectivity index (χ2n) is 4.63. The van der Waals surface area contributed by atoms with Gasteiger partial charge in [-0.05, 0) is 48.8 Å². The molecule has 0 aliphatic carbocycles. The van der Waals surface area contributed by atoms with Crippen LogP contribution in [0.1, 0.15) is 5.56 Å². The van der Waals surface area contributed by atoms with Gasteiger partial charge in [0, 0.05) is 0 Å². The van der Waals surface area contributed by atoms with Crippen molar-refractivity contribution >= 4 is 12.4 Å². The van der Waals surface area contributed by atoms with Gasteiger partial charge in [-0.2, -0.15) is 0 Å². The summed E-state index contributed by atoms with van der Waals surface area (Å²) >= 11 is 0. The molecule has 0 fully saturated rings. The Morgan fingerprint density at radius 3 is 2.27 bits per heavy atom. The average molecular weight is 332 g/mol. The van der Waals surface area contributed by atoms with E-state index in [1.165, 1.54) is 17.7 Å². The molecule has 0 unspecified atom stereocenters. The fraction of sp³-hybridized carbons (Fsp3) is 0.250. The molecule has 0 atom stereocenters. The van der Waals surface area contributed by atoms with E-state index in [9.17, 15) is 13.2 Å². The van der Waals surface area contributed by atoms with E-state index < -0.39 is 6.36 Å². The van der Waals surface area contributed by atoms with Crippen LogP contribution in [0.25, 0.3) is 11.1 Å². The normalized spacial score (nSPS) is 10.9. The first kappa shape index (κ1) is 18.3. The number of hydrogen-bond acceptors (Lipinski definition) is 2. The number of alkyl halides is 3. The minimum Gasteiger partial charge on any atom is -0.406 e. The Morgan fingerprint density at radius 1 is 1.00 bits per heavy atom. The van der Waals surface area contributed by atoms with Gasteiger partial charge in [0.1, 0.15) is 5.75 Å². The second kappa shape index (κ2) is 8.06. The summed E-state index contributed by atoms with van der Waals surface area (Å²) in [6, 6.07) is 13.8. The zero-order valence-corrected chi connectivity index (χ0v) is 12.8. The lowest BCUT2D eigenvalue weighted by Gasteiger charge is -2.10. The molecular formula is C16H17ClF3NO. The number of likely N-dealkylation sites (N-methyl/N-ethyl adjacent to an activating group) is 1. The summed E-state index contributed by atoms with van der Waals surface area (Å²) in [6.45, 7) is 0.877. The first-order valence-electron chi connectivity index (χ1n) is 6.58. The molecule has 120 valence electrons. The van der Waals surface area contributed by atoms with Crippen LogP contribution in [0, 0.1) is 0 Å². The zero-order chi connectivity index (χ0) is 15.3. The van der Waals surface area contributed by atoms with Crippen LogP contribution in [0.4, 0.5) is 13.2 Å². The molecule has 0 amide bonds. The van der Waals surface area contributed by atoms with E-state index in [2.05, 4.69) is 10.1 Å². The van der Waals surface area contributed by atoms with Gasteiger partial charge in [0.15, 0.2) is 0 Å². The molecule has 0 aliphatic heterocycles. The van der Waals surface area contributed by atoms with E-state index in [1.807, 2.05) is 31.3 Å². The molecule has 1 N–H and O–H groups in total. The van der Waals surface area contributed by atoms with E-state index >= 15 is 0 Å². The molecule has 0 heterocycles. The fourth-order valence-electron chi connectivity index (χ4n) is 2.02. The Bertz CT molecular complexity index is 585. The highest BCUT2D eigenvalue weighted by molar-refractivity contribution is 5.85. The Labute approximate surface area is 133 Å². The summed E-state index contributed by atoms with van der Waals surface area (Å²) in [7, 11) is 1.89. The van der Waals surface area contributed by atoms with Crippen LogP contribution < -0.4 is 10.1 Å². The number of hydrogen-bond donors (Lipinski definition) is 1. The summed E-state index contributed by atoms with van der Waals surface area (Å²) in [5.41, 5.74) is 3.01. The zero-order valence-electron chi connectivity index (χ0n) is 12.0. The topological polar surface area (TPSA) is 21.3 Å². The van der Waals surface area contributed by atoms with E-state index in [4.69, 9.17) is 0 Å². The monoisotopic (exact) mass is 331 g/mol. The van der Waals surface area contributed by atoms with Crippen LogP contribution in [0.15, 0.2) is 48.5 Å². The van der Waals surface area contributed by atoms with E-state index in [0.29, 0.717) is 0 Å². The number of halogens is 4. The molecule has 0 saturated carbocycles. The first-order chi connectivity index (χ1) is 9.98. The molecule has 0 aromatic heterocycles. The van der Waals surface area contributed by atoms with Crippen molar-refractivity contribution in [3.63, 3.8) is 0 Å². The Kier molecular flexibility index (Phi) is 6.71. The lowest BCUT2D eigenvalue weighted by atomic mass is 10.0. The summed E-state index contributed by atoms with van der Waals surface area (Å²) < 4.78 is 40.2. The third-order valence-electron chi connectivity index (χ3n) is 3.01. The Hall–Kier alpha value is -1.72. The quantitative estimate of drug-likeness (QED) is 0.874. The van der Waals surface area contributed by atoms with Gasteiger partial charge in [-0.3, -0.25) is 0 Å². The molecular weight excluding hydrogens is 315 g/mol. The highest BCUT2D eigenvalue weighted by Crippen LogP contribution is 2.26. The largest absolute Gasteiger partial charge is 0.573 e. The van der Waals surface area contributed by atoms with E-state index in [1.54, 1.807) is 12.1 Å². The maximum absolute atomic E-state index is 12.1. The number of rotatable bonds is 5. The Morgan fingerprint density at radius 2 is 1.68 bits per heavy atom. The van der Waals surface area contributed by atoms with Crippen LogP contribution in [-0.2, 0) is 6.42 Å². The van der Waals surface area contributed by atoms with Gasteiger partial charge in [-0.1, -0.05) is 36.4 Å². The van der Waals surface area contributed by atoms with E-state index in [-0.39, 0.29) is 18.2 Å². The van der Waals surface area contributed by atoms with Crippen molar-refractivity contribution in [1.29, 1.82) is 0 Å². The third kappa shape index (κ3) is 5.58. The highest BCUT2D eigenvalue weighted by atomic mass is 35.5. The van der Waals surface area contributed by atoms with Crippen molar-refractivity contribution < 1.29 is 17.9 Å². The summed E-state index contributed by atoms with van der Waals surface area (Å²) in [4.78, 5) is 0. The second-order valence-corrected chi connectivity index (χ2v) is 4.63. The standard InChI is InChI=1S/C16H16F3NO.ClH/c1-20-10-9-12-3-2-4-14(11-12)13-5-7-15(8-6-13)21-16(17,18)19;/h2-8,11,20H,9-10H2,1H3;1H. The lowest BCUT2D eigenvalue weighted by Crippen LogP contribution is -2.16. The van der Waals surface area contributed by atoms with Crippen molar-refractivity contribution in [2.45, 2.75) is 12.8 Å². The molecule has 0 bridgehead atoms. The molecule has 0 aliphatic rings. The summed E-state index contributed by atoms with van der Waals surface area (Å²) in [6.07, 6.45) is -3.76. The minimum atomic E-state index is -4.66. The van der Waals surface area contributed by atoms with Gasteiger partial charge in [-0.15, -0.1) is 25.6 Å². The number of ether oxygens (including phenoxy) is 1. The maximum atomic E-state index is 12.1. The minimum absolute atomic E-state index is 0. The predicted molar refractivity (Wildman–Crippen MR) is 83.4 cm³/mol. The van der Waals surface area contributed by atoms with Crippen molar-refractivity contribution in [3.8, 4) is 16.9 Å². The van der Waals surface area contributed by atoms with Crippen molar-refractivity contribution in [2.24, 2.45) is 0 Å². The summed E-state index contributed by atoms with van der Waals surface area (Å²) in [5, 5.41) is 3.08. The molecule has 2 aromatic rings. The van der Waals surface area contributed by atoms with E-state index in [0.717, 1.165) is 24.1 Å². The van der Waals surface area contributed by atoms with Crippen molar-refractivity contribution in [3.05, 3.63) is 54.1 Å². The maximum Gasteiger partial charge on any atom is 0.573 e. The fourth-order valence-corrected chi connectivity index (χ4v) is 2.02. The van der Waals surface area contributed by atoms with Crippen LogP contribution in [0.2, 0.25) is 0 Å². The van der Waals surface area contributed by atoms with Crippen LogP contribution in [0.3, 0.4) is 0 Å². The summed E-state index contributed by atoms with van der Waals surface area (Å²) in [5.74, 6) is -0.211. The molecule has 6 heteroatoms. The highest BCUT2D eigenvalue weighted by Gasteiger charge is 2.30. The molecule has 2 nitrogen and oxygen atoms in total. The molecule has 2 aromatic carbocycles. The third-order valence-corrected chi connectivity index (χ3v) is 3.01. The van der Waals surface area contributed by atoms with Crippen molar-refractivity contribution in [1.82, 2.24) is 5.32 Å². The average Bonchev–Trinajstić information content (AvgIpc) is 2.44. The molecule has 22 heavy (non-hydrogen) atoms. The van der Waals surface area contributed by atoms with Gasteiger partial charge in [-0.25, -0.2) is 0 Å². The van der Waals surface area contributed by atoms with Crippen LogP contribution in [0.5, 0.6) is 5.75 Å². The molecule has 0 saturated heterocycles. The molecule has 0 radical (unpaired) electrons. The predicted octanol–water partition coefficient (Wildman–Crippen LogP) is 4.44. The van der Waals surface area contributed by atoms with Crippen LogP contribution >= 0.6 is 12.4 Å². The van der Waals surface area contributed by atoms with Crippen molar-refractivity contribution in [2.75, 3.05) is 13.6 Å². The smallest absolute Gasteiger partial charge is 0.406 e. The molecule has 2 rings (SSSR count). The van der Waals surface area contributed by atoms with Crippen LogP contribution in [-0.4, -0.2) is 20.0 Å². The van der Waals surface area contributed by atoms with Gasteiger partial charge in [0.25, 0.3) is 0 Å². The lowest BCUT2D eigenvalue weighted by molar-refractivity contribution is -0.274. The Balaban J connectivity index is 0.00000242. The van der Waals surface area contributed by atoms with Gasteiger partial charge in [0.2, 0.25) is 0 Å². The SMILES string of the molecule is CNCCc1cccc(-c2ccc(OC(F)(F)F)cc2)c1.Cl. The number of benzene rings is 2. The van der Waals surface area contributed by atoms with Gasteiger partial charge in [0.05, 0.1) is 0 Å². The first-order valence-corrected chi connectivity index (χ1v) is 6.58. The number of nitrogens with one attached hydrogen (secondary N) is 1. The van der Waals surface area contributed by atoms with Gasteiger partial charge < -0.3 is 10.1 Å². The van der Waals surface area contributed by atoms with Gasteiger partial charge >= 0.3 is 6.36 Å². The molecule has 0 spiro atoms.